The number of aliphatic hydroxyl groups is 1. The lowest BCUT2D eigenvalue weighted by atomic mass is 9.66. The highest BCUT2D eigenvalue weighted by Crippen LogP contribution is 2.45. The molecule has 3 rings (SSSR count). The summed E-state index contributed by atoms with van der Waals surface area (Å²) in [6.45, 7) is 2.02. The van der Waals surface area contributed by atoms with E-state index in [1.54, 1.807) is 0 Å². The van der Waals surface area contributed by atoms with Crippen LogP contribution in [0, 0.1) is 5.92 Å². The van der Waals surface area contributed by atoms with E-state index in [4.69, 9.17) is 0 Å². The van der Waals surface area contributed by atoms with Crippen LogP contribution < -0.4 is 0 Å². The molecule has 2 aromatic carbocycles. The van der Waals surface area contributed by atoms with E-state index in [0.717, 1.165) is 19.3 Å². The standard InChI is InChI=1S/C20H24O/c1-20(21)15-9-8-14-18(20)19(16-10-4-2-5-11-16)17-12-6-3-7-13-17/h2-7,10-13,18-19,21H,8-9,14-15H2,1H3. The molecule has 1 heteroatoms. The van der Waals surface area contributed by atoms with Crippen molar-refractivity contribution >= 4 is 0 Å². The molecule has 1 fully saturated rings. The fourth-order valence-electron chi connectivity index (χ4n) is 3.85. The molecule has 0 aromatic heterocycles. The molecular formula is C20H24O. The van der Waals surface area contributed by atoms with Crippen LogP contribution in [-0.2, 0) is 0 Å². The maximum absolute atomic E-state index is 10.9. The summed E-state index contributed by atoms with van der Waals surface area (Å²) >= 11 is 0. The molecule has 1 N–H and O–H groups in total. The van der Waals surface area contributed by atoms with Gasteiger partial charge in [-0.15, -0.1) is 0 Å². The maximum Gasteiger partial charge on any atom is 0.0656 e. The second-order valence-electron chi connectivity index (χ2n) is 6.51. The second kappa shape index (κ2) is 6.03. The summed E-state index contributed by atoms with van der Waals surface area (Å²) in [6.07, 6.45) is 4.37. The van der Waals surface area contributed by atoms with E-state index < -0.39 is 5.60 Å². The third-order valence-corrected chi connectivity index (χ3v) is 4.97. The highest BCUT2D eigenvalue weighted by Gasteiger charge is 2.40. The van der Waals surface area contributed by atoms with E-state index in [9.17, 15) is 5.11 Å². The van der Waals surface area contributed by atoms with Gasteiger partial charge in [-0.2, -0.15) is 0 Å². The third kappa shape index (κ3) is 3.03. The van der Waals surface area contributed by atoms with E-state index in [-0.39, 0.29) is 11.8 Å². The van der Waals surface area contributed by atoms with Crippen molar-refractivity contribution in [1.82, 2.24) is 0 Å². The van der Waals surface area contributed by atoms with Gasteiger partial charge < -0.3 is 5.11 Å². The lowest BCUT2D eigenvalue weighted by Gasteiger charge is -2.42. The monoisotopic (exact) mass is 280 g/mol. The maximum atomic E-state index is 10.9. The number of rotatable bonds is 3. The normalized spacial score (nSPS) is 26.0. The first kappa shape index (κ1) is 14.3. The Morgan fingerprint density at radius 1 is 0.905 bits per heavy atom. The quantitative estimate of drug-likeness (QED) is 0.859. The summed E-state index contributed by atoms with van der Waals surface area (Å²) in [5.74, 6) is 0.568. The zero-order valence-corrected chi connectivity index (χ0v) is 12.7. The molecule has 0 saturated heterocycles. The van der Waals surface area contributed by atoms with Gasteiger partial charge in [0, 0.05) is 5.92 Å². The Balaban J connectivity index is 2.04. The molecule has 2 atom stereocenters. The first-order valence-corrected chi connectivity index (χ1v) is 8.01. The molecule has 0 radical (unpaired) electrons. The third-order valence-electron chi connectivity index (χ3n) is 4.97. The van der Waals surface area contributed by atoms with Crippen molar-refractivity contribution in [2.75, 3.05) is 0 Å². The van der Waals surface area contributed by atoms with Crippen LogP contribution >= 0.6 is 0 Å². The van der Waals surface area contributed by atoms with Gasteiger partial charge in [0.1, 0.15) is 0 Å². The minimum atomic E-state index is -0.575. The summed E-state index contributed by atoms with van der Waals surface area (Å²) < 4.78 is 0. The van der Waals surface area contributed by atoms with Crippen molar-refractivity contribution in [3.05, 3.63) is 71.8 Å². The van der Waals surface area contributed by atoms with Crippen molar-refractivity contribution in [1.29, 1.82) is 0 Å². The molecule has 0 spiro atoms. The Morgan fingerprint density at radius 3 is 1.90 bits per heavy atom. The van der Waals surface area contributed by atoms with Crippen LogP contribution in [0.4, 0.5) is 0 Å². The van der Waals surface area contributed by atoms with Crippen molar-refractivity contribution in [3.63, 3.8) is 0 Å². The minimum Gasteiger partial charge on any atom is -0.390 e. The Labute approximate surface area is 127 Å². The predicted molar refractivity (Wildman–Crippen MR) is 87.3 cm³/mol. The van der Waals surface area contributed by atoms with Crippen LogP contribution in [0.2, 0.25) is 0 Å². The molecule has 1 aliphatic carbocycles. The van der Waals surface area contributed by atoms with Gasteiger partial charge in [-0.3, -0.25) is 0 Å². The molecule has 110 valence electrons. The van der Waals surface area contributed by atoms with Gasteiger partial charge in [-0.1, -0.05) is 73.5 Å². The first-order chi connectivity index (χ1) is 10.2. The number of hydrogen-bond donors (Lipinski definition) is 1. The van der Waals surface area contributed by atoms with E-state index in [1.165, 1.54) is 17.5 Å². The zero-order chi connectivity index (χ0) is 14.7. The Hall–Kier alpha value is -1.60. The molecule has 21 heavy (non-hydrogen) atoms. The highest BCUT2D eigenvalue weighted by atomic mass is 16.3. The van der Waals surface area contributed by atoms with Gasteiger partial charge in [-0.25, -0.2) is 0 Å². The Kier molecular flexibility index (Phi) is 4.12. The molecular weight excluding hydrogens is 256 g/mol. The van der Waals surface area contributed by atoms with Crippen molar-refractivity contribution < 1.29 is 5.11 Å². The fourth-order valence-corrected chi connectivity index (χ4v) is 3.85. The molecule has 0 aliphatic heterocycles. The van der Waals surface area contributed by atoms with Crippen LogP contribution in [0.3, 0.4) is 0 Å². The molecule has 1 saturated carbocycles. The average Bonchev–Trinajstić information content (AvgIpc) is 2.51. The molecule has 0 amide bonds. The smallest absolute Gasteiger partial charge is 0.0656 e. The van der Waals surface area contributed by atoms with Crippen LogP contribution in [0.5, 0.6) is 0 Å². The van der Waals surface area contributed by atoms with E-state index in [1.807, 2.05) is 6.92 Å². The lowest BCUT2D eigenvalue weighted by Crippen LogP contribution is -2.41. The summed E-state index contributed by atoms with van der Waals surface area (Å²) in [5.41, 5.74) is 2.06. The first-order valence-electron chi connectivity index (χ1n) is 8.01. The van der Waals surface area contributed by atoms with Crippen LogP contribution in [-0.4, -0.2) is 10.7 Å². The van der Waals surface area contributed by atoms with Crippen LogP contribution in [0.15, 0.2) is 60.7 Å². The largest absolute Gasteiger partial charge is 0.390 e. The summed E-state index contributed by atoms with van der Waals surface area (Å²) in [4.78, 5) is 0. The van der Waals surface area contributed by atoms with E-state index >= 15 is 0 Å². The average molecular weight is 280 g/mol. The predicted octanol–water partition coefficient (Wildman–Crippen LogP) is 4.76. The Bertz CT molecular complexity index is 519. The molecule has 0 bridgehead atoms. The highest BCUT2D eigenvalue weighted by molar-refractivity contribution is 5.34. The zero-order valence-electron chi connectivity index (χ0n) is 12.7. The minimum absolute atomic E-state index is 0.280. The van der Waals surface area contributed by atoms with E-state index in [2.05, 4.69) is 60.7 Å². The molecule has 2 unspecified atom stereocenters. The van der Waals surface area contributed by atoms with Gasteiger partial charge >= 0.3 is 0 Å². The fraction of sp³-hybridized carbons (Fsp3) is 0.400. The summed E-state index contributed by atoms with van der Waals surface area (Å²) in [5, 5.41) is 10.9. The second-order valence-corrected chi connectivity index (χ2v) is 6.51. The van der Waals surface area contributed by atoms with Crippen LogP contribution in [0.25, 0.3) is 0 Å². The number of hydrogen-bond acceptors (Lipinski definition) is 1. The molecule has 1 nitrogen and oxygen atoms in total. The lowest BCUT2D eigenvalue weighted by molar-refractivity contribution is -0.0381. The van der Waals surface area contributed by atoms with Gasteiger partial charge in [0.25, 0.3) is 0 Å². The molecule has 0 heterocycles. The van der Waals surface area contributed by atoms with Gasteiger partial charge in [0.2, 0.25) is 0 Å². The summed E-state index contributed by atoms with van der Waals surface area (Å²) in [6, 6.07) is 21.3. The van der Waals surface area contributed by atoms with Crippen molar-refractivity contribution in [2.45, 2.75) is 44.1 Å². The topological polar surface area (TPSA) is 20.2 Å². The molecule has 2 aromatic rings. The van der Waals surface area contributed by atoms with Crippen LogP contribution in [0.1, 0.15) is 49.7 Å². The van der Waals surface area contributed by atoms with Gasteiger partial charge in [0.05, 0.1) is 5.60 Å². The summed E-state index contributed by atoms with van der Waals surface area (Å²) in [7, 11) is 0. The SMILES string of the molecule is CC1(O)CCCCC1C(c1ccccc1)c1ccccc1. The van der Waals surface area contributed by atoms with Crippen molar-refractivity contribution in [2.24, 2.45) is 5.92 Å². The van der Waals surface area contributed by atoms with Gasteiger partial charge in [-0.05, 0) is 36.8 Å². The van der Waals surface area contributed by atoms with Gasteiger partial charge in [0.15, 0.2) is 0 Å². The van der Waals surface area contributed by atoms with Crippen molar-refractivity contribution in [3.8, 4) is 0 Å². The van der Waals surface area contributed by atoms with E-state index in [0.29, 0.717) is 0 Å². The molecule has 1 aliphatic rings. The number of benzene rings is 2. The Morgan fingerprint density at radius 2 is 1.43 bits per heavy atom.